The largest absolute Gasteiger partial charge is 0.496 e. The highest BCUT2D eigenvalue weighted by Crippen LogP contribution is 2.29. The molecular formula is C16H16N2O2. The summed E-state index contributed by atoms with van der Waals surface area (Å²) in [7, 11) is 1.63. The number of ether oxygens (including phenoxy) is 1. The second-order valence-corrected chi connectivity index (χ2v) is 4.60. The number of aromatic nitrogens is 2. The fourth-order valence-corrected chi connectivity index (χ4v) is 2.43. The van der Waals surface area contributed by atoms with E-state index in [0.717, 1.165) is 16.7 Å². The zero-order chi connectivity index (χ0) is 13.9. The Bertz CT molecular complexity index is 720. The molecule has 0 aliphatic heterocycles. The van der Waals surface area contributed by atoms with Gasteiger partial charge in [0.1, 0.15) is 5.75 Å². The number of aliphatic hydroxyl groups is 1. The monoisotopic (exact) mass is 268 g/mol. The number of hydrogen-bond donors (Lipinski definition) is 1. The van der Waals surface area contributed by atoms with Crippen molar-refractivity contribution in [1.82, 2.24) is 9.78 Å². The van der Waals surface area contributed by atoms with E-state index in [1.807, 2.05) is 41.1 Å². The van der Waals surface area contributed by atoms with Gasteiger partial charge < -0.3 is 9.84 Å². The van der Waals surface area contributed by atoms with Crippen LogP contribution in [-0.4, -0.2) is 22.0 Å². The highest BCUT2D eigenvalue weighted by Gasteiger charge is 2.14. The molecule has 0 bridgehead atoms. The summed E-state index contributed by atoms with van der Waals surface area (Å²) in [5.74, 6) is 0.742. The molecule has 1 aromatic heterocycles. The van der Waals surface area contributed by atoms with E-state index in [1.54, 1.807) is 7.11 Å². The molecule has 0 radical (unpaired) electrons. The molecule has 0 spiro atoms. The maximum Gasteiger partial charge on any atom is 0.130 e. The minimum Gasteiger partial charge on any atom is -0.496 e. The molecule has 3 aromatic rings. The molecular weight excluding hydrogens is 252 g/mol. The predicted octanol–water partition coefficient (Wildman–Crippen LogP) is 2.59. The number of fused-ring (bicyclic) bond motifs is 1. The van der Waals surface area contributed by atoms with Gasteiger partial charge in [-0.05, 0) is 17.7 Å². The van der Waals surface area contributed by atoms with Crippen molar-refractivity contribution >= 4 is 10.9 Å². The van der Waals surface area contributed by atoms with Crippen LogP contribution in [0.25, 0.3) is 10.9 Å². The van der Waals surface area contributed by atoms with Crippen LogP contribution >= 0.6 is 0 Å². The smallest absolute Gasteiger partial charge is 0.130 e. The van der Waals surface area contributed by atoms with Crippen molar-refractivity contribution in [2.24, 2.45) is 0 Å². The Morgan fingerprint density at radius 1 is 1.10 bits per heavy atom. The fourth-order valence-electron chi connectivity index (χ4n) is 2.43. The molecule has 0 aliphatic rings. The Hall–Kier alpha value is -2.33. The highest BCUT2D eigenvalue weighted by molar-refractivity contribution is 5.88. The van der Waals surface area contributed by atoms with Crippen LogP contribution in [0.15, 0.2) is 48.5 Å². The Kier molecular flexibility index (Phi) is 3.39. The number of aliphatic hydroxyl groups excluding tert-OH is 1. The molecule has 2 aromatic carbocycles. The summed E-state index contributed by atoms with van der Waals surface area (Å²) in [6.45, 7) is 0.573. The summed E-state index contributed by atoms with van der Waals surface area (Å²) < 4.78 is 7.27. The molecule has 0 saturated heterocycles. The van der Waals surface area contributed by atoms with Crippen molar-refractivity contribution in [3.63, 3.8) is 0 Å². The second kappa shape index (κ2) is 5.35. The minimum atomic E-state index is -0.0985. The number of methoxy groups -OCH3 is 1. The van der Waals surface area contributed by atoms with Gasteiger partial charge in [-0.15, -0.1) is 0 Å². The molecule has 102 valence electrons. The van der Waals surface area contributed by atoms with Crippen molar-refractivity contribution in [2.75, 3.05) is 7.11 Å². The summed E-state index contributed by atoms with van der Waals surface area (Å²) in [4.78, 5) is 0. The standard InChI is InChI=1S/C16H16N2O2/c1-20-15-9-5-8-14-16(15)13(11-19)17-18(14)10-12-6-3-2-4-7-12/h2-9,19H,10-11H2,1H3. The number of benzene rings is 2. The third-order valence-corrected chi connectivity index (χ3v) is 3.36. The number of nitrogens with zero attached hydrogens (tertiary/aromatic N) is 2. The maximum absolute atomic E-state index is 9.50. The van der Waals surface area contributed by atoms with Crippen molar-refractivity contribution in [1.29, 1.82) is 0 Å². The van der Waals surface area contributed by atoms with Crippen LogP contribution in [0, 0.1) is 0 Å². The molecule has 1 heterocycles. The lowest BCUT2D eigenvalue weighted by Gasteiger charge is -2.05. The quantitative estimate of drug-likeness (QED) is 0.791. The van der Waals surface area contributed by atoms with Crippen LogP contribution in [0.1, 0.15) is 11.3 Å². The van der Waals surface area contributed by atoms with Gasteiger partial charge in [-0.25, -0.2) is 0 Å². The normalized spacial score (nSPS) is 10.9. The van der Waals surface area contributed by atoms with Gasteiger partial charge in [0.25, 0.3) is 0 Å². The van der Waals surface area contributed by atoms with E-state index >= 15 is 0 Å². The van der Waals surface area contributed by atoms with Crippen molar-refractivity contribution < 1.29 is 9.84 Å². The highest BCUT2D eigenvalue weighted by atomic mass is 16.5. The predicted molar refractivity (Wildman–Crippen MR) is 77.8 cm³/mol. The minimum absolute atomic E-state index is 0.0985. The van der Waals surface area contributed by atoms with Gasteiger partial charge in [0.05, 0.1) is 36.9 Å². The van der Waals surface area contributed by atoms with Crippen molar-refractivity contribution in [2.45, 2.75) is 13.2 Å². The van der Waals surface area contributed by atoms with Gasteiger partial charge in [0.15, 0.2) is 0 Å². The Labute approximate surface area is 117 Å². The van der Waals surface area contributed by atoms with Gasteiger partial charge >= 0.3 is 0 Å². The first-order chi connectivity index (χ1) is 9.83. The Morgan fingerprint density at radius 3 is 2.60 bits per heavy atom. The van der Waals surface area contributed by atoms with E-state index in [-0.39, 0.29) is 6.61 Å². The van der Waals surface area contributed by atoms with Crippen LogP contribution < -0.4 is 4.74 Å². The lowest BCUT2D eigenvalue weighted by molar-refractivity contribution is 0.276. The first kappa shape index (κ1) is 12.7. The van der Waals surface area contributed by atoms with Gasteiger partial charge in [-0.2, -0.15) is 5.10 Å². The molecule has 4 nitrogen and oxygen atoms in total. The van der Waals surface area contributed by atoms with Gasteiger partial charge in [-0.1, -0.05) is 36.4 Å². The molecule has 3 rings (SSSR count). The lowest BCUT2D eigenvalue weighted by atomic mass is 10.2. The van der Waals surface area contributed by atoms with Crippen molar-refractivity contribution in [3.05, 3.63) is 59.8 Å². The zero-order valence-corrected chi connectivity index (χ0v) is 11.3. The van der Waals surface area contributed by atoms with Crippen LogP contribution in [0.2, 0.25) is 0 Å². The third kappa shape index (κ3) is 2.14. The molecule has 0 fully saturated rings. The second-order valence-electron chi connectivity index (χ2n) is 4.60. The van der Waals surface area contributed by atoms with Gasteiger partial charge in [0.2, 0.25) is 0 Å². The zero-order valence-electron chi connectivity index (χ0n) is 11.3. The molecule has 20 heavy (non-hydrogen) atoms. The molecule has 0 unspecified atom stereocenters. The summed E-state index contributed by atoms with van der Waals surface area (Å²) in [6, 6.07) is 15.9. The molecule has 0 saturated carbocycles. The average Bonchev–Trinajstić information content (AvgIpc) is 2.86. The van der Waals surface area contributed by atoms with Gasteiger partial charge in [0, 0.05) is 0 Å². The van der Waals surface area contributed by atoms with E-state index in [0.29, 0.717) is 12.2 Å². The topological polar surface area (TPSA) is 47.3 Å². The summed E-state index contributed by atoms with van der Waals surface area (Å²) >= 11 is 0. The van der Waals surface area contributed by atoms with Crippen molar-refractivity contribution in [3.8, 4) is 5.75 Å². The molecule has 0 atom stereocenters. The molecule has 0 aliphatic carbocycles. The molecule has 0 amide bonds. The summed E-state index contributed by atoms with van der Waals surface area (Å²) in [6.07, 6.45) is 0. The Morgan fingerprint density at radius 2 is 1.90 bits per heavy atom. The number of rotatable bonds is 4. The fraction of sp³-hybridized carbons (Fsp3) is 0.188. The third-order valence-electron chi connectivity index (χ3n) is 3.36. The van der Waals surface area contributed by atoms with E-state index in [4.69, 9.17) is 4.74 Å². The van der Waals surface area contributed by atoms with E-state index in [9.17, 15) is 5.11 Å². The first-order valence-corrected chi connectivity index (χ1v) is 6.50. The van der Waals surface area contributed by atoms with Crippen LogP contribution in [-0.2, 0) is 13.2 Å². The number of hydrogen-bond acceptors (Lipinski definition) is 3. The molecule has 1 N–H and O–H groups in total. The average molecular weight is 268 g/mol. The summed E-state index contributed by atoms with van der Waals surface area (Å²) in [5, 5.41) is 14.9. The van der Waals surface area contributed by atoms with Crippen LogP contribution in [0.4, 0.5) is 0 Å². The van der Waals surface area contributed by atoms with Crippen LogP contribution in [0.5, 0.6) is 5.75 Å². The van der Waals surface area contributed by atoms with E-state index < -0.39 is 0 Å². The lowest BCUT2D eigenvalue weighted by Crippen LogP contribution is -2.02. The van der Waals surface area contributed by atoms with E-state index in [2.05, 4.69) is 17.2 Å². The molecule has 4 heteroatoms. The van der Waals surface area contributed by atoms with Gasteiger partial charge in [-0.3, -0.25) is 4.68 Å². The SMILES string of the molecule is COc1cccc2c1c(CO)nn2Cc1ccccc1. The summed E-state index contributed by atoms with van der Waals surface area (Å²) in [5.41, 5.74) is 2.79. The first-order valence-electron chi connectivity index (χ1n) is 6.50. The Balaban J connectivity index is 2.12. The maximum atomic E-state index is 9.50. The van der Waals surface area contributed by atoms with E-state index in [1.165, 1.54) is 5.56 Å². The van der Waals surface area contributed by atoms with Crippen LogP contribution in [0.3, 0.4) is 0 Å².